The van der Waals surface area contributed by atoms with E-state index in [-0.39, 0.29) is 28.0 Å². The maximum atomic E-state index is 11.9. The molecule has 9 heteroatoms. The maximum absolute atomic E-state index is 11.9. The molecule has 1 aromatic rings. The van der Waals surface area contributed by atoms with Crippen molar-refractivity contribution in [1.82, 2.24) is 0 Å². The molecule has 1 rings (SSSR count). The van der Waals surface area contributed by atoms with Crippen molar-refractivity contribution in [3.63, 3.8) is 0 Å². The number of nitrogens with two attached hydrogens (primary N) is 1. The summed E-state index contributed by atoms with van der Waals surface area (Å²) < 4.78 is 50.5. The van der Waals surface area contributed by atoms with E-state index in [1.807, 2.05) is 0 Å². The molecule has 0 atom stereocenters. The SMILES string of the molecule is CC(C)(C)S(=O)(=O)CCOc1ccc(S(N)(=O)=O)cc1Cl. The van der Waals surface area contributed by atoms with E-state index in [4.69, 9.17) is 21.5 Å². The van der Waals surface area contributed by atoms with Crippen molar-refractivity contribution in [2.75, 3.05) is 12.4 Å². The lowest BCUT2D eigenvalue weighted by atomic mass is 10.3. The highest BCUT2D eigenvalue weighted by Crippen LogP contribution is 2.27. The Balaban J connectivity index is 2.79. The van der Waals surface area contributed by atoms with E-state index < -0.39 is 24.6 Å². The summed E-state index contributed by atoms with van der Waals surface area (Å²) in [5.74, 6) is 0.0391. The number of hydrogen-bond donors (Lipinski definition) is 1. The Kier molecular flexibility index (Phi) is 5.31. The summed E-state index contributed by atoms with van der Waals surface area (Å²) in [5.41, 5.74) is 0. The van der Waals surface area contributed by atoms with Crippen LogP contribution in [0.3, 0.4) is 0 Å². The minimum absolute atomic E-state index is 0.0506. The highest BCUT2D eigenvalue weighted by Gasteiger charge is 2.28. The Morgan fingerprint density at radius 3 is 2.19 bits per heavy atom. The van der Waals surface area contributed by atoms with Gasteiger partial charge in [0, 0.05) is 0 Å². The molecule has 21 heavy (non-hydrogen) atoms. The standard InChI is InChI=1S/C12H18ClNO5S2/c1-12(2,3)20(15,16)7-6-19-11-5-4-9(8-10(11)13)21(14,17)18/h4-5,8H,6-7H2,1-3H3,(H2,14,17,18). The van der Waals surface area contributed by atoms with E-state index in [1.165, 1.54) is 12.1 Å². The topological polar surface area (TPSA) is 104 Å². The van der Waals surface area contributed by atoms with Crippen LogP contribution < -0.4 is 9.88 Å². The molecule has 120 valence electrons. The molecule has 0 heterocycles. The lowest BCUT2D eigenvalue weighted by molar-refractivity contribution is 0.339. The second kappa shape index (κ2) is 6.12. The van der Waals surface area contributed by atoms with E-state index >= 15 is 0 Å². The molecule has 0 bridgehead atoms. The number of benzene rings is 1. The number of rotatable bonds is 5. The van der Waals surface area contributed by atoms with Crippen molar-refractivity contribution in [1.29, 1.82) is 0 Å². The van der Waals surface area contributed by atoms with E-state index in [2.05, 4.69) is 0 Å². The predicted octanol–water partition coefficient (Wildman–Crippen LogP) is 1.58. The van der Waals surface area contributed by atoms with Crippen molar-refractivity contribution >= 4 is 31.5 Å². The van der Waals surface area contributed by atoms with Gasteiger partial charge in [0.2, 0.25) is 10.0 Å². The molecule has 2 N–H and O–H groups in total. The maximum Gasteiger partial charge on any atom is 0.238 e. The van der Waals surface area contributed by atoms with Gasteiger partial charge in [-0.05, 0) is 39.0 Å². The number of primary sulfonamides is 1. The van der Waals surface area contributed by atoms with E-state index in [0.717, 1.165) is 6.07 Å². The minimum Gasteiger partial charge on any atom is -0.491 e. The van der Waals surface area contributed by atoms with Gasteiger partial charge in [-0.15, -0.1) is 0 Å². The number of hydrogen-bond acceptors (Lipinski definition) is 5. The summed E-state index contributed by atoms with van der Waals surface area (Å²) in [5, 5.41) is 5.02. The molecular formula is C12H18ClNO5S2. The van der Waals surface area contributed by atoms with Gasteiger partial charge in [-0.25, -0.2) is 22.0 Å². The van der Waals surface area contributed by atoms with Crippen LogP contribution in [-0.4, -0.2) is 33.9 Å². The van der Waals surface area contributed by atoms with Gasteiger partial charge in [0.15, 0.2) is 9.84 Å². The van der Waals surface area contributed by atoms with Crippen molar-refractivity contribution < 1.29 is 21.6 Å². The number of halogens is 1. The van der Waals surface area contributed by atoms with Gasteiger partial charge in [-0.1, -0.05) is 11.6 Å². The van der Waals surface area contributed by atoms with Crippen LogP contribution in [0.2, 0.25) is 5.02 Å². The fraction of sp³-hybridized carbons (Fsp3) is 0.500. The molecule has 0 spiro atoms. The molecule has 6 nitrogen and oxygen atoms in total. The fourth-order valence-corrected chi connectivity index (χ4v) is 3.10. The van der Waals surface area contributed by atoms with Gasteiger partial charge in [0.25, 0.3) is 0 Å². The van der Waals surface area contributed by atoms with Crippen LogP contribution in [0.5, 0.6) is 5.75 Å². The molecule has 0 aliphatic rings. The highest BCUT2D eigenvalue weighted by atomic mass is 35.5. The summed E-state index contributed by atoms with van der Waals surface area (Å²) >= 11 is 5.88. The van der Waals surface area contributed by atoms with E-state index in [0.29, 0.717) is 0 Å². The van der Waals surface area contributed by atoms with Crippen LogP contribution in [0, 0.1) is 0 Å². The molecular weight excluding hydrogens is 338 g/mol. The predicted molar refractivity (Wildman–Crippen MR) is 81.9 cm³/mol. The number of sulfonamides is 1. The first-order valence-electron chi connectivity index (χ1n) is 6.02. The zero-order chi connectivity index (χ0) is 16.5. The highest BCUT2D eigenvalue weighted by molar-refractivity contribution is 7.92. The summed E-state index contributed by atoms with van der Waals surface area (Å²) in [4.78, 5) is -0.137. The molecule has 0 aliphatic heterocycles. The van der Waals surface area contributed by atoms with Crippen molar-refractivity contribution in [2.24, 2.45) is 5.14 Å². The van der Waals surface area contributed by atoms with Crippen molar-refractivity contribution in [2.45, 2.75) is 30.4 Å². The molecule has 0 amide bonds. The summed E-state index contributed by atoms with van der Waals surface area (Å²) in [6.07, 6.45) is 0. The summed E-state index contributed by atoms with van der Waals surface area (Å²) in [6.45, 7) is 4.75. The van der Waals surface area contributed by atoms with Crippen LogP contribution >= 0.6 is 11.6 Å². The van der Waals surface area contributed by atoms with Gasteiger partial charge in [0.1, 0.15) is 12.4 Å². The molecule has 0 saturated heterocycles. The van der Waals surface area contributed by atoms with Gasteiger partial charge in [-0.3, -0.25) is 0 Å². The number of ether oxygens (including phenoxy) is 1. The smallest absolute Gasteiger partial charge is 0.238 e. The zero-order valence-corrected chi connectivity index (χ0v) is 14.3. The van der Waals surface area contributed by atoms with Crippen LogP contribution in [0.25, 0.3) is 0 Å². The molecule has 0 saturated carbocycles. The average Bonchev–Trinajstić information content (AvgIpc) is 2.28. The first-order valence-corrected chi connectivity index (χ1v) is 9.60. The summed E-state index contributed by atoms with van der Waals surface area (Å²) in [6, 6.07) is 3.74. The first-order chi connectivity index (χ1) is 9.34. The molecule has 0 aliphatic carbocycles. The van der Waals surface area contributed by atoms with E-state index in [1.54, 1.807) is 20.8 Å². The Hall–Kier alpha value is -0.830. The minimum atomic E-state index is -3.84. The quantitative estimate of drug-likeness (QED) is 0.863. The third-order valence-electron chi connectivity index (χ3n) is 2.77. The summed E-state index contributed by atoms with van der Waals surface area (Å²) in [7, 11) is -7.14. The lowest BCUT2D eigenvalue weighted by Crippen LogP contribution is -2.32. The Labute approximate surface area is 130 Å². The third-order valence-corrected chi connectivity index (χ3v) is 6.55. The van der Waals surface area contributed by atoms with Crippen molar-refractivity contribution in [3.05, 3.63) is 23.2 Å². The second-order valence-corrected chi connectivity index (χ2v) is 10.2. The van der Waals surface area contributed by atoms with Crippen LogP contribution in [-0.2, 0) is 19.9 Å². The van der Waals surface area contributed by atoms with Crippen LogP contribution in [0.4, 0.5) is 0 Å². The normalized spacial score (nSPS) is 13.2. The van der Waals surface area contributed by atoms with Crippen molar-refractivity contribution in [3.8, 4) is 5.75 Å². The Morgan fingerprint density at radius 2 is 1.76 bits per heavy atom. The largest absolute Gasteiger partial charge is 0.491 e. The first kappa shape index (κ1) is 18.2. The molecule has 0 unspecified atom stereocenters. The molecule has 1 aromatic carbocycles. The van der Waals surface area contributed by atoms with Gasteiger partial charge in [0.05, 0.1) is 20.4 Å². The van der Waals surface area contributed by atoms with Gasteiger partial charge >= 0.3 is 0 Å². The van der Waals surface area contributed by atoms with Gasteiger partial charge < -0.3 is 4.74 Å². The second-order valence-electron chi connectivity index (χ2n) is 5.42. The average molecular weight is 356 g/mol. The zero-order valence-electron chi connectivity index (χ0n) is 12.0. The fourth-order valence-electron chi connectivity index (χ4n) is 1.34. The monoisotopic (exact) mass is 355 g/mol. The van der Waals surface area contributed by atoms with Gasteiger partial charge in [-0.2, -0.15) is 0 Å². The molecule has 0 fully saturated rings. The molecule has 0 radical (unpaired) electrons. The Bertz CT molecular complexity index is 721. The third kappa shape index (κ3) is 4.84. The lowest BCUT2D eigenvalue weighted by Gasteiger charge is -2.19. The molecule has 0 aromatic heterocycles. The number of sulfone groups is 1. The Morgan fingerprint density at radius 1 is 1.19 bits per heavy atom. The van der Waals surface area contributed by atoms with E-state index in [9.17, 15) is 16.8 Å². The van der Waals surface area contributed by atoms with Crippen LogP contribution in [0.1, 0.15) is 20.8 Å². The van der Waals surface area contributed by atoms with Crippen LogP contribution in [0.15, 0.2) is 23.1 Å².